The molecule has 0 aliphatic rings. The normalized spacial score (nSPS) is 11.0. The van der Waals surface area contributed by atoms with Gasteiger partial charge in [-0.3, -0.25) is 10.1 Å². The number of amides is 1. The molecule has 0 saturated heterocycles. The largest absolute Gasteiger partial charge is 0.466 e. The van der Waals surface area contributed by atoms with E-state index >= 15 is 0 Å². The van der Waals surface area contributed by atoms with Crippen LogP contribution in [0.4, 0.5) is 5.13 Å². The van der Waals surface area contributed by atoms with Gasteiger partial charge in [0.25, 0.3) is 5.91 Å². The molecule has 0 aromatic carbocycles. The fraction of sp³-hybridized carbons (Fsp3) is 0.200. The SMILES string of the molecule is Cc1cc(-c2csc(NC(=O)c3cc(Cl)c(Cl)n3C)n2)c(C)o1. The number of carbonyl (C=O) groups is 1. The van der Waals surface area contributed by atoms with E-state index in [1.807, 2.05) is 25.3 Å². The van der Waals surface area contributed by atoms with Crippen molar-refractivity contribution in [2.45, 2.75) is 13.8 Å². The summed E-state index contributed by atoms with van der Waals surface area (Å²) in [6.07, 6.45) is 0. The minimum atomic E-state index is -0.317. The maximum atomic E-state index is 12.3. The van der Waals surface area contributed by atoms with Crippen molar-refractivity contribution in [3.63, 3.8) is 0 Å². The van der Waals surface area contributed by atoms with Gasteiger partial charge in [0.2, 0.25) is 0 Å². The number of furan rings is 1. The zero-order valence-corrected chi connectivity index (χ0v) is 14.9. The van der Waals surface area contributed by atoms with Crippen LogP contribution in [0.2, 0.25) is 10.2 Å². The van der Waals surface area contributed by atoms with Gasteiger partial charge in [-0.2, -0.15) is 0 Å². The molecule has 3 aromatic heterocycles. The van der Waals surface area contributed by atoms with Gasteiger partial charge < -0.3 is 8.98 Å². The average Bonchev–Trinajstić information content (AvgIpc) is 3.14. The summed E-state index contributed by atoms with van der Waals surface area (Å²) >= 11 is 13.2. The van der Waals surface area contributed by atoms with Crippen molar-refractivity contribution >= 4 is 45.6 Å². The van der Waals surface area contributed by atoms with E-state index in [0.29, 0.717) is 21.0 Å². The molecule has 23 heavy (non-hydrogen) atoms. The van der Waals surface area contributed by atoms with Gasteiger partial charge in [0, 0.05) is 18.0 Å². The predicted molar refractivity (Wildman–Crippen MR) is 92.7 cm³/mol. The summed E-state index contributed by atoms with van der Waals surface area (Å²) in [4.78, 5) is 16.7. The molecule has 1 amide bonds. The van der Waals surface area contributed by atoms with E-state index in [9.17, 15) is 4.79 Å². The monoisotopic (exact) mass is 369 g/mol. The van der Waals surface area contributed by atoms with Crippen LogP contribution in [0, 0.1) is 13.8 Å². The second-order valence-corrected chi connectivity index (χ2v) is 6.67. The lowest BCUT2D eigenvalue weighted by molar-refractivity contribution is 0.101. The minimum absolute atomic E-state index is 0.317. The van der Waals surface area contributed by atoms with E-state index in [-0.39, 0.29) is 5.91 Å². The smallest absolute Gasteiger partial charge is 0.274 e. The van der Waals surface area contributed by atoms with Crippen molar-refractivity contribution in [1.82, 2.24) is 9.55 Å². The molecule has 8 heteroatoms. The zero-order valence-electron chi connectivity index (χ0n) is 12.6. The minimum Gasteiger partial charge on any atom is -0.466 e. The first kappa shape index (κ1) is 16.1. The van der Waals surface area contributed by atoms with Crippen molar-refractivity contribution in [2.24, 2.45) is 7.05 Å². The highest BCUT2D eigenvalue weighted by atomic mass is 35.5. The Kier molecular flexibility index (Phi) is 4.23. The van der Waals surface area contributed by atoms with E-state index in [1.165, 1.54) is 22.0 Å². The second-order valence-electron chi connectivity index (χ2n) is 5.05. The predicted octanol–water partition coefficient (Wildman–Crippen LogP) is 4.92. The highest BCUT2D eigenvalue weighted by molar-refractivity contribution is 7.14. The third kappa shape index (κ3) is 3.02. The quantitative estimate of drug-likeness (QED) is 0.712. The maximum absolute atomic E-state index is 12.3. The van der Waals surface area contributed by atoms with Crippen LogP contribution in [-0.4, -0.2) is 15.5 Å². The van der Waals surface area contributed by atoms with Gasteiger partial charge in [0.05, 0.1) is 10.7 Å². The number of carbonyl (C=O) groups excluding carboxylic acids is 1. The fourth-order valence-corrected chi connectivity index (χ4v) is 3.34. The van der Waals surface area contributed by atoms with Crippen LogP contribution in [0.25, 0.3) is 11.3 Å². The number of anilines is 1. The van der Waals surface area contributed by atoms with Gasteiger partial charge in [-0.05, 0) is 26.0 Å². The zero-order chi connectivity index (χ0) is 16.7. The number of aromatic nitrogens is 2. The highest BCUT2D eigenvalue weighted by Gasteiger charge is 2.18. The van der Waals surface area contributed by atoms with E-state index in [2.05, 4.69) is 10.3 Å². The van der Waals surface area contributed by atoms with E-state index < -0.39 is 0 Å². The first-order chi connectivity index (χ1) is 10.9. The van der Waals surface area contributed by atoms with Crippen molar-refractivity contribution in [1.29, 1.82) is 0 Å². The number of hydrogen-bond donors (Lipinski definition) is 1. The first-order valence-electron chi connectivity index (χ1n) is 6.72. The summed E-state index contributed by atoms with van der Waals surface area (Å²) in [7, 11) is 1.67. The number of aryl methyl sites for hydroxylation is 2. The molecular weight excluding hydrogens is 357 g/mol. The number of nitrogens with zero attached hydrogens (tertiary/aromatic N) is 2. The summed E-state index contributed by atoms with van der Waals surface area (Å²) in [5.41, 5.74) is 2.05. The Morgan fingerprint density at radius 2 is 2.09 bits per heavy atom. The average molecular weight is 370 g/mol. The Bertz CT molecular complexity index is 895. The highest BCUT2D eigenvalue weighted by Crippen LogP contribution is 2.30. The topological polar surface area (TPSA) is 60.1 Å². The Labute approximate surface area is 146 Å². The van der Waals surface area contributed by atoms with Crippen molar-refractivity contribution in [2.75, 3.05) is 5.32 Å². The summed E-state index contributed by atoms with van der Waals surface area (Å²) in [6, 6.07) is 3.45. The van der Waals surface area contributed by atoms with Crippen LogP contribution in [-0.2, 0) is 7.05 Å². The molecule has 3 aromatic rings. The lowest BCUT2D eigenvalue weighted by atomic mass is 10.2. The molecule has 0 radical (unpaired) electrons. The molecule has 0 unspecified atom stereocenters. The molecule has 0 aliphatic heterocycles. The van der Waals surface area contributed by atoms with Gasteiger partial charge in [-0.25, -0.2) is 4.98 Å². The summed E-state index contributed by atoms with van der Waals surface area (Å²) < 4.78 is 7.03. The molecule has 0 fully saturated rings. The molecule has 5 nitrogen and oxygen atoms in total. The Balaban J connectivity index is 1.83. The Morgan fingerprint density at radius 3 is 2.65 bits per heavy atom. The third-order valence-corrected chi connectivity index (χ3v) is 4.99. The van der Waals surface area contributed by atoms with Crippen LogP contribution >= 0.6 is 34.5 Å². The van der Waals surface area contributed by atoms with Crippen molar-refractivity contribution in [3.05, 3.63) is 44.9 Å². The summed E-state index contributed by atoms with van der Waals surface area (Å²) in [5.74, 6) is 1.30. The van der Waals surface area contributed by atoms with Crippen LogP contribution in [0.3, 0.4) is 0 Å². The van der Waals surface area contributed by atoms with Crippen LogP contribution in [0.1, 0.15) is 22.0 Å². The second kappa shape index (κ2) is 6.03. The molecule has 3 rings (SSSR count). The molecule has 0 saturated carbocycles. The van der Waals surface area contributed by atoms with E-state index in [4.69, 9.17) is 27.6 Å². The Hall–Kier alpha value is -1.76. The first-order valence-corrected chi connectivity index (χ1v) is 8.35. The van der Waals surface area contributed by atoms with Crippen LogP contribution in [0.5, 0.6) is 0 Å². The number of rotatable bonds is 3. The molecular formula is C15H13Cl2N3O2S. The molecule has 0 bridgehead atoms. The fourth-order valence-electron chi connectivity index (χ4n) is 2.26. The number of nitrogens with one attached hydrogen (secondary N) is 1. The van der Waals surface area contributed by atoms with Crippen molar-refractivity contribution in [3.8, 4) is 11.3 Å². The van der Waals surface area contributed by atoms with E-state index in [1.54, 1.807) is 7.05 Å². The lowest BCUT2D eigenvalue weighted by Crippen LogP contribution is -2.15. The molecule has 0 atom stereocenters. The lowest BCUT2D eigenvalue weighted by Gasteiger charge is -2.03. The molecule has 120 valence electrons. The van der Waals surface area contributed by atoms with Crippen LogP contribution < -0.4 is 5.32 Å². The van der Waals surface area contributed by atoms with Gasteiger partial charge in [0.15, 0.2) is 5.13 Å². The van der Waals surface area contributed by atoms with Gasteiger partial charge in [-0.1, -0.05) is 23.2 Å². The van der Waals surface area contributed by atoms with E-state index in [0.717, 1.165) is 22.8 Å². The van der Waals surface area contributed by atoms with Crippen molar-refractivity contribution < 1.29 is 9.21 Å². The van der Waals surface area contributed by atoms with Gasteiger partial charge in [0.1, 0.15) is 22.4 Å². The van der Waals surface area contributed by atoms with Gasteiger partial charge >= 0.3 is 0 Å². The summed E-state index contributed by atoms with van der Waals surface area (Å²) in [6.45, 7) is 3.77. The van der Waals surface area contributed by atoms with Gasteiger partial charge in [-0.15, -0.1) is 11.3 Å². The standard InChI is InChI=1S/C15H13Cl2N3O2S/c1-7-4-9(8(2)22-7)11-6-23-15(18-11)19-14(21)12-5-10(16)13(17)20(12)3/h4-6H,1-3H3,(H,18,19,21). The molecule has 1 N–H and O–H groups in total. The maximum Gasteiger partial charge on any atom is 0.274 e. The number of thiazole rings is 1. The molecule has 0 aliphatic carbocycles. The molecule has 0 spiro atoms. The Morgan fingerprint density at radius 1 is 1.35 bits per heavy atom. The third-order valence-electron chi connectivity index (χ3n) is 3.39. The number of halogens is 2. The van der Waals surface area contributed by atoms with Crippen LogP contribution in [0.15, 0.2) is 21.9 Å². The number of hydrogen-bond acceptors (Lipinski definition) is 4. The summed E-state index contributed by atoms with van der Waals surface area (Å²) in [5, 5.41) is 5.78. The molecule has 3 heterocycles.